The molecule has 1 saturated carbocycles. The summed E-state index contributed by atoms with van der Waals surface area (Å²) >= 11 is 3.62. The van der Waals surface area contributed by atoms with Gasteiger partial charge < -0.3 is 9.64 Å². The summed E-state index contributed by atoms with van der Waals surface area (Å²) in [7, 11) is 0. The first-order valence-electron chi connectivity index (χ1n) is 8.01. The summed E-state index contributed by atoms with van der Waals surface area (Å²) in [4.78, 5) is 14.5. The number of aryl methyl sites for hydroxylation is 1. The van der Waals surface area contributed by atoms with Crippen molar-refractivity contribution in [2.75, 3.05) is 0 Å². The van der Waals surface area contributed by atoms with Crippen molar-refractivity contribution in [2.24, 2.45) is 0 Å². The van der Waals surface area contributed by atoms with Gasteiger partial charge in [0.25, 0.3) is 0 Å². The molecule has 1 amide bonds. The number of rotatable bonds is 3. The SMILES string of the molecule is Cc1ccc(CN(C(=O)OC(C)(C)C)C2CCCC2)c(Br)c1. The summed E-state index contributed by atoms with van der Waals surface area (Å²) in [5.41, 5.74) is 1.88. The Labute approximate surface area is 142 Å². The van der Waals surface area contributed by atoms with Crippen molar-refractivity contribution in [2.45, 2.75) is 71.6 Å². The van der Waals surface area contributed by atoms with Gasteiger partial charge in [0.05, 0.1) is 6.54 Å². The maximum Gasteiger partial charge on any atom is 0.410 e. The van der Waals surface area contributed by atoms with Gasteiger partial charge in [-0.3, -0.25) is 0 Å². The quantitative estimate of drug-likeness (QED) is 0.711. The smallest absolute Gasteiger partial charge is 0.410 e. The summed E-state index contributed by atoms with van der Waals surface area (Å²) in [6.07, 6.45) is 4.33. The Morgan fingerprint density at radius 2 is 1.95 bits per heavy atom. The van der Waals surface area contributed by atoms with Gasteiger partial charge in [-0.05, 0) is 57.7 Å². The number of halogens is 1. The molecular weight excluding hydrogens is 342 g/mol. The molecule has 0 saturated heterocycles. The van der Waals surface area contributed by atoms with Crippen molar-refractivity contribution in [3.05, 3.63) is 33.8 Å². The van der Waals surface area contributed by atoms with Crippen LogP contribution in [0.3, 0.4) is 0 Å². The van der Waals surface area contributed by atoms with E-state index in [9.17, 15) is 4.79 Å². The number of benzene rings is 1. The fourth-order valence-electron chi connectivity index (χ4n) is 2.84. The lowest BCUT2D eigenvalue weighted by molar-refractivity contribution is 0.0144. The Kier molecular flexibility index (Phi) is 5.54. The molecule has 1 aliphatic carbocycles. The molecule has 1 aromatic carbocycles. The molecule has 0 aromatic heterocycles. The first kappa shape index (κ1) is 17.3. The van der Waals surface area contributed by atoms with E-state index in [1.54, 1.807) is 0 Å². The average molecular weight is 368 g/mol. The fourth-order valence-corrected chi connectivity index (χ4v) is 3.46. The standard InChI is InChI=1S/C18H26BrNO2/c1-13-9-10-14(16(19)11-13)12-20(15-7-5-6-8-15)17(21)22-18(2,3)4/h9-11,15H,5-8,12H2,1-4H3. The van der Waals surface area contributed by atoms with Crippen molar-refractivity contribution >= 4 is 22.0 Å². The van der Waals surface area contributed by atoms with Gasteiger partial charge in [0.1, 0.15) is 5.60 Å². The maximum absolute atomic E-state index is 12.6. The van der Waals surface area contributed by atoms with Crippen LogP contribution in [0, 0.1) is 6.92 Å². The van der Waals surface area contributed by atoms with Gasteiger partial charge in [0.2, 0.25) is 0 Å². The zero-order valence-electron chi connectivity index (χ0n) is 14.0. The summed E-state index contributed by atoms with van der Waals surface area (Å²) in [6.45, 7) is 8.41. The van der Waals surface area contributed by atoms with Crippen LogP contribution in [0.2, 0.25) is 0 Å². The molecule has 22 heavy (non-hydrogen) atoms. The molecule has 1 aromatic rings. The number of carbonyl (C=O) groups is 1. The van der Waals surface area contributed by atoms with E-state index >= 15 is 0 Å². The molecule has 3 nitrogen and oxygen atoms in total. The fraction of sp³-hybridized carbons (Fsp3) is 0.611. The lowest BCUT2D eigenvalue weighted by atomic mass is 10.1. The Morgan fingerprint density at radius 1 is 1.32 bits per heavy atom. The molecule has 4 heteroatoms. The number of hydrogen-bond acceptors (Lipinski definition) is 2. The largest absolute Gasteiger partial charge is 0.444 e. The monoisotopic (exact) mass is 367 g/mol. The molecule has 0 radical (unpaired) electrons. The van der Waals surface area contributed by atoms with Crippen molar-refractivity contribution in [1.29, 1.82) is 0 Å². The number of carbonyl (C=O) groups excluding carboxylic acids is 1. The molecule has 0 spiro atoms. The minimum Gasteiger partial charge on any atom is -0.444 e. The van der Waals surface area contributed by atoms with Crippen molar-refractivity contribution in [3.8, 4) is 0 Å². The summed E-state index contributed by atoms with van der Waals surface area (Å²) in [6, 6.07) is 6.56. The number of amides is 1. The molecule has 0 unspecified atom stereocenters. The van der Waals surface area contributed by atoms with E-state index in [2.05, 4.69) is 41.1 Å². The topological polar surface area (TPSA) is 29.5 Å². The predicted octanol–water partition coefficient (Wildman–Crippen LogP) is 5.44. The highest BCUT2D eigenvalue weighted by Crippen LogP contribution is 2.28. The van der Waals surface area contributed by atoms with Crippen LogP contribution in [-0.2, 0) is 11.3 Å². The van der Waals surface area contributed by atoms with Crippen molar-refractivity contribution in [1.82, 2.24) is 4.90 Å². The third-order valence-corrected chi connectivity index (χ3v) is 4.68. The molecule has 0 heterocycles. The molecule has 0 atom stereocenters. The molecule has 1 aliphatic rings. The molecule has 0 N–H and O–H groups in total. The molecular formula is C18H26BrNO2. The Hall–Kier alpha value is -1.03. The first-order chi connectivity index (χ1) is 10.3. The van der Waals surface area contributed by atoms with Crippen LogP contribution < -0.4 is 0 Å². The van der Waals surface area contributed by atoms with E-state index in [0.717, 1.165) is 22.9 Å². The summed E-state index contributed by atoms with van der Waals surface area (Å²) < 4.78 is 6.67. The lowest BCUT2D eigenvalue weighted by Crippen LogP contribution is -2.41. The van der Waals surface area contributed by atoms with Gasteiger partial charge in [-0.25, -0.2) is 4.79 Å². The van der Waals surface area contributed by atoms with Gasteiger partial charge in [0.15, 0.2) is 0 Å². The van der Waals surface area contributed by atoms with Gasteiger partial charge in [-0.15, -0.1) is 0 Å². The van der Waals surface area contributed by atoms with Gasteiger partial charge in [0, 0.05) is 10.5 Å². The second-order valence-electron chi connectivity index (χ2n) is 7.14. The third-order valence-electron chi connectivity index (χ3n) is 3.94. The van der Waals surface area contributed by atoms with E-state index in [0.29, 0.717) is 12.6 Å². The molecule has 2 rings (SSSR count). The van der Waals surface area contributed by atoms with Crippen molar-refractivity contribution in [3.63, 3.8) is 0 Å². The van der Waals surface area contributed by atoms with E-state index in [1.807, 2.05) is 25.7 Å². The van der Waals surface area contributed by atoms with E-state index < -0.39 is 5.60 Å². The van der Waals surface area contributed by atoms with Gasteiger partial charge >= 0.3 is 6.09 Å². The van der Waals surface area contributed by atoms with E-state index in [4.69, 9.17) is 4.74 Å². The second kappa shape index (κ2) is 7.03. The van der Waals surface area contributed by atoms with Gasteiger partial charge in [-0.1, -0.05) is 40.9 Å². The Morgan fingerprint density at radius 3 is 2.50 bits per heavy atom. The Bertz CT molecular complexity index is 530. The van der Waals surface area contributed by atoms with E-state index in [1.165, 1.54) is 18.4 Å². The van der Waals surface area contributed by atoms with E-state index in [-0.39, 0.29) is 6.09 Å². The van der Waals surface area contributed by atoms with Crippen LogP contribution in [0.15, 0.2) is 22.7 Å². The minimum absolute atomic E-state index is 0.202. The lowest BCUT2D eigenvalue weighted by Gasteiger charge is -2.32. The number of ether oxygens (including phenoxy) is 1. The third kappa shape index (κ3) is 4.73. The number of hydrogen-bond donors (Lipinski definition) is 0. The highest BCUT2D eigenvalue weighted by Gasteiger charge is 2.30. The van der Waals surface area contributed by atoms with Crippen LogP contribution >= 0.6 is 15.9 Å². The number of nitrogens with zero attached hydrogens (tertiary/aromatic N) is 1. The Balaban J connectivity index is 2.18. The molecule has 0 aliphatic heterocycles. The highest BCUT2D eigenvalue weighted by molar-refractivity contribution is 9.10. The summed E-state index contributed by atoms with van der Waals surface area (Å²) in [5, 5.41) is 0. The molecule has 1 fully saturated rings. The van der Waals surface area contributed by atoms with Crippen molar-refractivity contribution < 1.29 is 9.53 Å². The van der Waals surface area contributed by atoms with Gasteiger partial charge in [-0.2, -0.15) is 0 Å². The maximum atomic E-state index is 12.6. The predicted molar refractivity (Wildman–Crippen MR) is 92.9 cm³/mol. The average Bonchev–Trinajstić information content (AvgIpc) is 2.89. The minimum atomic E-state index is -0.460. The normalized spacial score (nSPS) is 15.9. The first-order valence-corrected chi connectivity index (χ1v) is 8.80. The zero-order valence-corrected chi connectivity index (χ0v) is 15.6. The van der Waals surface area contributed by atoms with Crippen LogP contribution in [0.1, 0.15) is 57.6 Å². The van der Waals surface area contributed by atoms with Crippen LogP contribution in [0.4, 0.5) is 4.79 Å². The molecule has 122 valence electrons. The highest BCUT2D eigenvalue weighted by atomic mass is 79.9. The second-order valence-corrected chi connectivity index (χ2v) is 8.00. The zero-order chi connectivity index (χ0) is 16.3. The van der Waals surface area contributed by atoms with Crippen LogP contribution in [-0.4, -0.2) is 22.6 Å². The van der Waals surface area contributed by atoms with Crippen LogP contribution in [0.25, 0.3) is 0 Å². The van der Waals surface area contributed by atoms with Crippen LogP contribution in [0.5, 0.6) is 0 Å². The molecule has 0 bridgehead atoms. The summed E-state index contributed by atoms with van der Waals surface area (Å²) in [5.74, 6) is 0.